The van der Waals surface area contributed by atoms with Crippen molar-refractivity contribution < 1.29 is 0 Å². The molecule has 2 aliphatic carbocycles. The van der Waals surface area contributed by atoms with Crippen LogP contribution in [-0.2, 0) is 10.8 Å². The minimum Gasteiger partial charge on any atom is -0.310 e. The largest absolute Gasteiger partial charge is 0.310 e. The van der Waals surface area contributed by atoms with Gasteiger partial charge in [-0.1, -0.05) is 208 Å². The third-order valence-corrected chi connectivity index (χ3v) is 13.9. The van der Waals surface area contributed by atoms with Gasteiger partial charge in [-0.05, 0) is 126 Å². The van der Waals surface area contributed by atoms with Crippen molar-refractivity contribution in [3.8, 4) is 44.5 Å². The van der Waals surface area contributed by atoms with Gasteiger partial charge in [0.15, 0.2) is 0 Å². The smallest absolute Gasteiger partial charge is 0.0714 e. The SMILES string of the molecule is CC1(C)c2ccccc2-c2ccc(N(c3ccc(-c4ccccc4)cc3)c3cc4c(cc3-c3ccc5ccccc5c3)-c3ccccc3C4(c3ccccc3)c3ccccc3)cc21. The zero-order chi connectivity index (χ0) is 42.1. The van der Waals surface area contributed by atoms with Crippen molar-refractivity contribution in [2.75, 3.05) is 4.90 Å². The molecule has 0 saturated carbocycles. The molecule has 1 heteroatoms. The van der Waals surface area contributed by atoms with Gasteiger partial charge in [0.2, 0.25) is 0 Å². The lowest BCUT2D eigenvalue weighted by Crippen LogP contribution is -2.28. The zero-order valence-corrected chi connectivity index (χ0v) is 35.5. The number of nitrogens with zero attached hydrogens (tertiary/aromatic N) is 1. The highest BCUT2D eigenvalue weighted by Crippen LogP contribution is 2.59. The Hall–Kier alpha value is -7.74. The van der Waals surface area contributed by atoms with E-state index >= 15 is 0 Å². The van der Waals surface area contributed by atoms with Gasteiger partial charge < -0.3 is 4.90 Å². The van der Waals surface area contributed by atoms with E-state index in [0.717, 1.165) is 17.1 Å². The molecule has 0 heterocycles. The van der Waals surface area contributed by atoms with Crippen LogP contribution in [0.25, 0.3) is 55.3 Å². The second-order valence-electron chi connectivity index (χ2n) is 17.7. The molecule has 10 aromatic carbocycles. The van der Waals surface area contributed by atoms with Gasteiger partial charge in [0.1, 0.15) is 0 Å². The first kappa shape index (κ1) is 37.1. The quantitative estimate of drug-likeness (QED) is 0.155. The maximum absolute atomic E-state index is 2.54. The van der Waals surface area contributed by atoms with Crippen LogP contribution in [0.15, 0.2) is 237 Å². The van der Waals surface area contributed by atoms with E-state index in [2.05, 4.69) is 255 Å². The van der Waals surface area contributed by atoms with Crippen LogP contribution < -0.4 is 4.90 Å². The summed E-state index contributed by atoms with van der Waals surface area (Å²) in [5.41, 5.74) is 20.4. The van der Waals surface area contributed by atoms with Gasteiger partial charge >= 0.3 is 0 Å². The lowest BCUT2D eigenvalue weighted by molar-refractivity contribution is 0.660. The van der Waals surface area contributed by atoms with Gasteiger partial charge in [-0.2, -0.15) is 0 Å². The summed E-state index contributed by atoms with van der Waals surface area (Å²) >= 11 is 0. The predicted molar refractivity (Wildman–Crippen MR) is 264 cm³/mol. The lowest BCUT2D eigenvalue weighted by Gasteiger charge is -2.35. The van der Waals surface area contributed by atoms with E-state index in [4.69, 9.17) is 0 Å². The van der Waals surface area contributed by atoms with Crippen molar-refractivity contribution in [1.82, 2.24) is 0 Å². The van der Waals surface area contributed by atoms with Crippen LogP contribution in [0.4, 0.5) is 17.1 Å². The van der Waals surface area contributed by atoms with E-state index < -0.39 is 5.41 Å². The monoisotopic (exact) mass is 803 g/mol. The molecule has 0 saturated heterocycles. The van der Waals surface area contributed by atoms with E-state index in [1.165, 1.54) is 88.7 Å². The third kappa shape index (κ3) is 5.70. The Morgan fingerprint density at radius 2 is 0.825 bits per heavy atom. The van der Waals surface area contributed by atoms with Gasteiger partial charge in [-0.15, -0.1) is 0 Å². The standard InChI is InChI=1S/C62H45N/c1-61(2)56-28-16-14-26-51(56)53-37-36-50(39-58(53)61)63(49-34-32-44(33-35-49)42-18-6-3-7-19-42)60-41-59-55(40-54(60)46-31-30-43-20-12-13-21-45(43)38-46)52-27-15-17-29-57(52)62(59,47-22-8-4-9-23-47)48-24-10-5-11-25-48/h3-41H,1-2H3. The highest BCUT2D eigenvalue weighted by atomic mass is 15.1. The predicted octanol–water partition coefficient (Wildman–Crippen LogP) is 16.3. The van der Waals surface area contributed by atoms with E-state index in [0.29, 0.717) is 0 Å². The molecule has 0 aliphatic heterocycles. The van der Waals surface area contributed by atoms with E-state index in [1.807, 2.05) is 0 Å². The number of benzene rings is 10. The molecule has 298 valence electrons. The third-order valence-electron chi connectivity index (χ3n) is 13.9. The molecule has 0 bridgehead atoms. The Bertz CT molecular complexity index is 3310. The summed E-state index contributed by atoms with van der Waals surface area (Å²) in [6, 6.07) is 88.1. The number of rotatable bonds is 7. The van der Waals surface area contributed by atoms with Crippen LogP contribution in [-0.4, -0.2) is 0 Å². The van der Waals surface area contributed by atoms with Gasteiger partial charge in [0.05, 0.1) is 11.1 Å². The Morgan fingerprint density at radius 1 is 0.302 bits per heavy atom. The molecule has 0 N–H and O–H groups in total. The summed E-state index contributed by atoms with van der Waals surface area (Å²) in [5.74, 6) is 0. The van der Waals surface area contributed by atoms with Crippen molar-refractivity contribution in [1.29, 1.82) is 0 Å². The van der Waals surface area contributed by atoms with Crippen molar-refractivity contribution in [3.05, 3.63) is 270 Å². The zero-order valence-electron chi connectivity index (χ0n) is 35.5. The normalized spacial score (nSPS) is 13.8. The van der Waals surface area contributed by atoms with Crippen LogP contribution in [0.3, 0.4) is 0 Å². The molecule has 12 rings (SSSR count). The molecule has 2 aliphatic rings. The summed E-state index contributed by atoms with van der Waals surface area (Å²) in [6.45, 7) is 4.75. The number of hydrogen-bond acceptors (Lipinski definition) is 1. The Balaban J connectivity index is 1.19. The maximum Gasteiger partial charge on any atom is 0.0714 e. The van der Waals surface area contributed by atoms with Gasteiger partial charge in [-0.3, -0.25) is 0 Å². The van der Waals surface area contributed by atoms with Crippen molar-refractivity contribution in [2.45, 2.75) is 24.7 Å². The Kier molecular flexibility index (Phi) is 8.49. The topological polar surface area (TPSA) is 3.24 Å². The average Bonchev–Trinajstić information content (AvgIpc) is 3.77. The summed E-state index contributed by atoms with van der Waals surface area (Å²) in [5, 5.41) is 2.45. The number of fused-ring (bicyclic) bond motifs is 7. The van der Waals surface area contributed by atoms with Crippen LogP contribution in [0.2, 0.25) is 0 Å². The molecule has 1 nitrogen and oxygen atoms in total. The highest BCUT2D eigenvalue weighted by Gasteiger charge is 2.47. The van der Waals surface area contributed by atoms with Crippen LogP contribution in [0, 0.1) is 0 Å². The van der Waals surface area contributed by atoms with Crippen molar-refractivity contribution in [2.24, 2.45) is 0 Å². The summed E-state index contributed by atoms with van der Waals surface area (Å²) in [4.78, 5) is 2.53. The number of anilines is 3. The van der Waals surface area contributed by atoms with Crippen LogP contribution >= 0.6 is 0 Å². The first-order valence-corrected chi connectivity index (χ1v) is 22.1. The van der Waals surface area contributed by atoms with E-state index in [-0.39, 0.29) is 5.41 Å². The minimum absolute atomic E-state index is 0.165. The molecule has 0 unspecified atom stereocenters. The molecule has 0 atom stereocenters. The Labute approximate surface area is 370 Å². The molecule has 63 heavy (non-hydrogen) atoms. The second kappa shape index (κ2) is 14.4. The van der Waals surface area contributed by atoms with Gasteiger partial charge in [0.25, 0.3) is 0 Å². The second-order valence-corrected chi connectivity index (χ2v) is 17.7. The van der Waals surface area contributed by atoms with Crippen LogP contribution in [0.5, 0.6) is 0 Å². The van der Waals surface area contributed by atoms with Crippen molar-refractivity contribution >= 4 is 27.8 Å². The Morgan fingerprint density at radius 3 is 1.52 bits per heavy atom. The fourth-order valence-corrected chi connectivity index (χ4v) is 10.9. The summed E-state index contributed by atoms with van der Waals surface area (Å²) in [6.07, 6.45) is 0. The molecule has 0 fully saturated rings. The average molecular weight is 804 g/mol. The molecular formula is C62H45N. The molecule has 10 aromatic rings. The fraction of sp³-hybridized carbons (Fsp3) is 0.0645. The molecule has 0 aromatic heterocycles. The molecule has 0 radical (unpaired) electrons. The van der Waals surface area contributed by atoms with Gasteiger partial charge in [0, 0.05) is 22.4 Å². The van der Waals surface area contributed by atoms with Crippen LogP contribution in [0.1, 0.15) is 47.2 Å². The molecular weight excluding hydrogens is 759 g/mol. The first-order chi connectivity index (χ1) is 31.0. The van der Waals surface area contributed by atoms with Crippen molar-refractivity contribution in [3.63, 3.8) is 0 Å². The van der Waals surface area contributed by atoms with E-state index in [9.17, 15) is 0 Å². The maximum atomic E-state index is 2.54. The highest BCUT2D eigenvalue weighted by molar-refractivity contribution is 5.99. The van der Waals surface area contributed by atoms with Gasteiger partial charge in [-0.25, -0.2) is 0 Å². The summed E-state index contributed by atoms with van der Waals surface area (Å²) in [7, 11) is 0. The fourth-order valence-electron chi connectivity index (χ4n) is 10.9. The summed E-state index contributed by atoms with van der Waals surface area (Å²) < 4.78 is 0. The molecule has 0 spiro atoms. The number of hydrogen-bond donors (Lipinski definition) is 0. The minimum atomic E-state index is -0.560. The lowest BCUT2D eigenvalue weighted by atomic mass is 9.67. The van der Waals surface area contributed by atoms with E-state index in [1.54, 1.807) is 0 Å². The molecule has 0 amide bonds. The first-order valence-electron chi connectivity index (χ1n) is 22.1.